The van der Waals surface area contributed by atoms with Crippen molar-refractivity contribution in [1.29, 1.82) is 0 Å². The summed E-state index contributed by atoms with van der Waals surface area (Å²) in [5.74, 6) is 1.28. The van der Waals surface area contributed by atoms with Crippen LogP contribution in [0.5, 0.6) is 0 Å². The van der Waals surface area contributed by atoms with Crippen LogP contribution in [0.15, 0.2) is 40.1 Å². The van der Waals surface area contributed by atoms with Crippen molar-refractivity contribution in [2.24, 2.45) is 34.5 Å². The molecule has 6 atom stereocenters. The standard InChI is InChI=1S/C28H37NO3S/c1-26(2,19-11-14-33-16-19)29-24(30)23-8-7-21-20-6-5-18-15-17(25(31)32)9-12-27(18,3)22(20)10-13-28(21,23)4/h5,11,14-16,20-23H,6-10,12-13H2,1-4H3,(H,29,30)(H,31,32)/t20-,21-,22-,23+,27-,28-/m0/s1. The average molecular weight is 468 g/mol. The number of carbonyl (C=O) groups is 2. The molecule has 2 N–H and O–H groups in total. The van der Waals surface area contributed by atoms with E-state index in [9.17, 15) is 14.7 Å². The Balaban J connectivity index is 1.37. The first-order chi connectivity index (χ1) is 15.6. The summed E-state index contributed by atoms with van der Waals surface area (Å²) in [5, 5.41) is 17.1. The number of carbonyl (C=O) groups excluding carboxylic acids is 1. The molecule has 4 nitrogen and oxygen atoms in total. The van der Waals surface area contributed by atoms with Gasteiger partial charge < -0.3 is 10.4 Å². The molecular formula is C28H37NO3S. The van der Waals surface area contributed by atoms with Crippen molar-refractivity contribution in [3.05, 3.63) is 45.7 Å². The monoisotopic (exact) mass is 467 g/mol. The van der Waals surface area contributed by atoms with E-state index in [0.29, 0.717) is 29.7 Å². The number of thiophene rings is 1. The van der Waals surface area contributed by atoms with Crippen LogP contribution in [0.1, 0.15) is 78.2 Å². The molecule has 33 heavy (non-hydrogen) atoms. The van der Waals surface area contributed by atoms with E-state index in [1.807, 2.05) is 6.08 Å². The zero-order valence-corrected chi connectivity index (χ0v) is 21.1. The van der Waals surface area contributed by atoms with Crippen molar-refractivity contribution in [1.82, 2.24) is 5.32 Å². The lowest BCUT2D eigenvalue weighted by molar-refractivity contribution is -0.133. The fourth-order valence-electron chi connectivity index (χ4n) is 8.01. The Labute approximate surface area is 201 Å². The highest BCUT2D eigenvalue weighted by Crippen LogP contribution is 2.66. The van der Waals surface area contributed by atoms with Crippen molar-refractivity contribution < 1.29 is 14.7 Å². The molecule has 0 aromatic carbocycles. The first kappa shape index (κ1) is 22.9. The quantitative estimate of drug-likeness (QED) is 0.546. The molecule has 2 saturated carbocycles. The average Bonchev–Trinajstić information content (AvgIpc) is 3.41. The molecule has 1 aromatic heterocycles. The highest BCUT2D eigenvalue weighted by Gasteiger charge is 2.59. The summed E-state index contributed by atoms with van der Waals surface area (Å²) in [4.78, 5) is 25.1. The summed E-state index contributed by atoms with van der Waals surface area (Å²) >= 11 is 1.67. The van der Waals surface area contributed by atoms with Gasteiger partial charge in [0, 0.05) is 11.5 Å². The van der Waals surface area contributed by atoms with Crippen molar-refractivity contribution in [3.8, 4) is 0 Å². The number of aliphatic carboxylic acids is 1. The highest BCUT2D eigenvalue weighted by molar-refractivity contribution is 7.08. The van der Waals surface area contributed by atoms with E-state index in [0.717, 1.165) is 38.5 Å². The summed E-state index contributed by atoms with van der Waals surface area (Å²) < 4.78 is 0. The van der Waals surface area contributed by atoms with Crippen molar-refractivity contribution in [2.75, 3.05) is 0 Å². The van der Waals surface area contributed by atoms with Gasteiger partial charge in [0.05, 0.1) is 5.54 Å². The molecule has 0 aliphatic heterocycles. The Morgan fingerprint density at radius 1 is 1.15 bits per heavy atom. The Kier molecular flexibility index (Phi) is 5.43. The van der Waals surface area contributed by atoms with Gasteiger partial charge >= 0.3 is 5.97 Å². The number of hydrogen-bond donors (Lipinski definition) is 2. The molecule has 1 aromatic rings. The van der Waals surface area contributed by atoms with E-state index in [4.69, 9.17) is 0 Å². The molecule has 4 aliphatic rings. The number of fused-ring (bicyclic) bond motifs is 5. The van der Waals surface area contributed by atoms with Gasteiger partial charge in [-0.3, -0.25) is 4.79 Å². The molecule has 0 unspecified atom stereocenters. The summed E-state index contributed by atoms with van der Waals surface area (Å²) in [6.07, 6.45) is 11.3. The zero-order chi connectivity index (χ0) is 23.6. The van der Waals surface area contributed by atoms with Crippen LogP contribution in [0.4, 0.5) is 0 Å². The third kappa shape index (κ3) is 3.53. The number of hydrogen-bond acceptors (Lipinski definition) is 3. The van der Waals surface area contributed by atoms with Crippen LogP contribution in [0.3, 0.4) is 0 Å². The third-order valence-electron chi connectivity index (χ3n) is 10.0. The predicted molar refractivity (Wildman–Crippen MR) is 132 cm³/mol. The van der Waals surface area contributed by atoms with Gasteiger partial charge in [0.15, 0.2) is 0 Å². The largest absolute Gasteiger partial charge is 0.478 e. The molecule has 0 bridgehead atoms. The maximum atomic E-state index is 13.6. The van der Waals surface area contributed by atoms with E-state index in [1.165, 1.54) is 11.1 Å². The lowest BCUT2D eigenvalue weighted by Gasteiger charge is -2.57. The van der Waals surface area contributed by atoms with E-state index in [-0.39, 0.29) is 28.2 Å². The number of carboxylic acid groups (broad SMARTS) is 1. The zero-order valence-electron chi connectivity index (χ0n) is 20.3. The second-order valence-corrected chi connectivity index (χ2v) is 12.7. The Morgan fingerprint density at radius 2 is 1.94 bits per heavy atom. The third-order valence-corrected chi connectivity index (χ3v) is 10.7. The lowest BCUT2D eigenvalue weighted by Crippen LogP contribution is -2.52. The molecule has 0 radical (unpaired) electrons. The van der Waals surface area contributed by atoms with E-state index < -0.39 is 5.97 Å². The minimum absolute atomic E-state index is 0.0500. The van der Waals surface area contributed by atoms with Gasteiger partial charge in [-0.15, -0.1) is 0 Å². The summed E-state index contributed by atoms with van der Waals surface area (Å²) in [6.45, 7) is 8.97. The molecule has 5 heteroatoms. The second-order valence-electron chi connectivity index (χ2n) is 12.0. The topological polar surface area (TPSA) is 66.4 Å². The summed E-state index contributed by atoms with van der Waals surface area (Å²) in [6, 6.07) is 2.11. The predicted octanol–water partition coefficient (Wildman–Crippen LogP) is 6.30. The van der Waals surface area contributed by atoms with E-state index in [1.54, 1.807) is 11.3 Å². The molecule has 2 fully saturated rings. The van der Waals surface area contributed by atoms with Gasteiger partial charge in [-0.25, -0.2) is 4.79 Å². The molecule has 1 amide bonds. The van der Waals surface area contributed by atoms with Crippen LogP contribution in [0.2, 0.25) is 0 Å². The minimum atomic E-state index is -0.772. The maximum absolute atomic E-state index is 13.6. The smallest absolute Gasteiger partial charge is 0.331 e. The van der Waals surface area contributed by atoms with E-state index >= 15 is 0 Å². The summed E-state index contributed by atoms with van der Waals surface area (Å²) in [7, 11) is 0. The lowest BCUT2D eigenvalue weighted by atomic mass is 9.48. The number of allylic oxidation sites excluding steroid dienone is 3. The van der Waals surface area contributed by atoms with Crippen LogP contribution >= 0.6 is 11.3 Å². The normalized spacial score (nSPS) is 37.8. The van der Waals surface area contributed by atoms with Gasteiger partial charge in [0.1, 0.15) is 0 Å². The van der Waals surface area contributed by atoms with Crippen LogP contribution < -0.4 is 5.32 Å². The Bertz CT molecular complexity index is 1020. The molecular weight excluding hydrogens is 430 g/mol. The van der Waals surface area contributed by atoms with Gasteiger partial charge in [0.25, 0.3) is 0 Å². The molecule has 5 rings (SSSR count). The summed E-state index contributed by atoms with van der Waals surface area (Å²) in [5.41, 5.74) is 2.76. The Morgan fingerprint density at radius 3 is 2.64 bits per heavy atom. The van der Waals surface area contributed by atoms with Gasteiger partial charge in [0.2, 0.25) is 5.91 Å². The van der Waals surface area contributed by atoms with Gasteiger partial charge in [-0.2, -0.15) is 11.3 Å². The SMILES string of the molecule is CC(C)(NC(=O)[C@H]1CC[C@H]2[C@@H]3CC=C4C=C(C(=O)O)CC[C@]4(C)[C@H]3CC[C@]12C)c1ccsc1. The van der Waals surface area contributed by atoms with Crippen LogP contribution in [-0.4, -0.2) is 17.0 Å². The van der Waals surface area contributed by atoms with E-state index in [2.05, 4.69) is 55.9 Å². The van der Waals surface area contributed by atoms with Crippen molar-refractivity contribution in [3.63, 3.8) is 0 Å². The fraction of sp³-hybridized carbons (Fsp3) is 0.643. The number of amides is 1. The van der Waals surface area contributed by atoms with Crippen molar-refractivity contribution in [2.45, 2.75) is 78.2 Å². The van der Waals surface area contributed by atoms with Crippen LogP contribution in [-0.2, 0) is 15.1 Å². The molecule has 0 saturated heterocycles. The molecule has 4 aliphatic carbocycles. The maximum Gasteiger partial charge on any atom is 0.331 e. The fourth-order valence-corrected chi connectivity index (χ4v) is 8.84. The Hall–Kier alpha value is -1.88. The molecule has 178 valence electrons. The van der Waals surface area contributed by atoms with Crippen LogP contribution in [0, 0.1) is 34.5 Å². The first-order valence-electron chi connectivity index (χ1n) is 12.6. The van der Waals surface area contributed by atoms with Crippen molar-refractivity contribution >= 4 is 23.2 Å². The molecule has 0 spiro atoms. The number of rotatable bonds is 4. The van der Waals surface area contributed by atoms with Gasteiger partial charge in [-0.1, -0.05) is 19.9 Å². The van der Waals surface area contributed by atoms with Crippen LogP contribution in [0.25, 0.3) is 0 Å². The number of nitrogens with one attached hydrogen (secondary N) is 1. The van der Waals surface area contributed by atoms with Gasteiger partial charge in [-0.05, 0) is 121 Å². The first-order valence-corrected chi connectivity index (χ1v) is 13.5. The second kappa shape index (κ2) is 7.83. The highest BCUT2D eigenvalue weighted by atomic mass is 32.1. The number of carboxylic acids is 1. The minimum Gasteiger partial charge on any atom is -0.478 e. The molecule has 1 heterocycles.